The summed E-state index contributed by atoms with van der Waals surface area (Å²) in [4.78, 5) is 12.3. The van der Waals surface area contributed by atoms with Crippen LogP contribution in [0.15, 0.2) is 41.0 Å². The summed E-state index contributed by atoms with van der Waals surface area (Å²) in [7, 11) is 0. The van der Waals surface area contributed by atoms with Crippen LogP contribution in [0.1, 0.15) is 29.9 Å². The molecule has 0 aliphatic rings. The highest BCUT2D eigenvalue weighted by atomic mass is 79.9. The number of amides is 1. The van der Waals surface area contributed by atoms with Gasteiger partial charge in [-0.05, 0) is 47.0 Å². The molecular weight excluding hydrogens is 304 g/mol. The van der Waals surface area contributed by atoms with E-state index in [1.807, 2.05) is 48.0 Å². The number of rotatable bonds is 4. The fraction of sp³-hybridized carbons (Fsp3) is 0.267. The predicted octanol–water partition coefficient (Wildman–Crippen LogP) is 4.09. The molecule has 0 atom stereocenters. The number of halogens is 1. The van der Waals surface area contributed by atoms with Gasteiger partial charge in [-0.15, -0.1) is 0 Å². The Kier molecular flexibility index (Phi) is 4.43. The zero-order valence-corrected chi connectivity index (χ0v) is 12.7. The first-order valence-corrected chi connectivity index (χ1v) is 7.20. The molecule has 1 aromatic carbocycles. The third-order valence-corrected chi connectivity index (χ3v) is 3.52. The standard InChI is InChI=1S/C15H17BrN2O/c1-3-11-7-5-6-8-13(11)17-15(19)14-9-12(16)10-18(14)4-2/h5-10H,3-4H2,1-2H3,(H,17,19). The second-order valence-corrected chi connectivity index (χ2v) is 5.21. The van der Waals surface area contributed by atoms with Crippen LogP contribution >= 0.6 is 15.9 Å². The molecular formula is C15H17BrN2O. The Balaban J connectivity index is 2.25. The summed E-state index contributed by atoms with van der Waals surface area (Å²) in [5.41, 5.74) is 2.69. The van der Waals surface area contributed by atoms with Crippen molar-refractivity contribution in [2.24, 2.45) is 0 Å². The molecule has 1 aromatic heterocycles. The molecule has 0 saturated carbocycles. The molecule has 0 aliphatic heterocycles. The van der Waals surface area contributed by atoms with Gasteiger partial charge in [0.25, 0.3) is 5.91 Å². The largest absolute Gasteiger partial charge is 0.343 e. The molecule has 0 radical (unpaired) electrons. The average molecular weight is 321 g/mol. The summed E-state index contributed by atoms with van der Waals surface area (Å²) in [6, 6.07) is 9.73. The summed E-state index contributed by atoms with van der Waals surface area (Å²) in [5.74, 6) is -0.0755. The van der Waals surface area contributed by atoms with Gasteiger partial charge < -0.3 is 9.88 Å². The molecule has 1 heterocycles. The molecule has 4 heteroatoms. The Hall–Kier alpha value is -1.55. The highest BCUT2D eigenvalue weighted by molar-refractivity contribution is 9.10. The summed E-state index contributed by atoms with van der Waals surface area (Å²) in [6.45, 7) is 4.86. The lowest BCUT2D eigenvalue weighted by atomic mass is 10.1. The van der Waals surface area contributed by atoms with Gasteiger partial charge in [0.1, 0.15) is 5.69 Å². The van der Waals surface area contributed by atoms with E-state index in [-0.39, 0.29) is 5.91 Å². The third kappa shape index (κ3) is 3.07. The van der Waals surface area contributed by atoms with Crippen LogP contribution in [-0.2, 0) is 13.0 Å². The predicted molar refractivity (Wildman–Crippen MR) is 81.6 cm³/mol. The minimum absolute atomic E-state index is 0.0755. The fourth-order valence-corrected chi connectivity index (χ4v) is 2.53. The van der Waals surface area contributed by atoms with Crippen molar-refractivity contribution in [1.29, 1.82) is 0 Å². The topological polar surface area (TPSA) is 34.0 Å². The van der Waals surface area contributed by atoms with E-state index in [1.54, 1.807) is 0 Å². The minimum atomic E-state index is -0.0755. The zero-order chi connectivity index (χ0) is 13.8. The van der Waals surface area contributed by atoms with Crippen molar-refractivity contribution >= 4 is 27.5 Å². The quantitative estimate of drug-likeness (QED) is 0.904. The molecule has 3 nitrogen and oxygen atoms in total. The molecule has 0 bridgehead atoms. The van der Waals surface area contributed by atoms with Crippen molar-refractivity contribution < 1.29 is 4.79 Å². The van der Waals surface area contributed by atoms with Gasteiger partial charge in [-0.1, -0.05) is 25.1 Å². The lowest BCUT2D eigenvalue weighted by Gasteiger charge is -2.10. The number of carbonyl (C=O) groups is 1. The Morgan fingerprint density at radius 3 is 2.74 bits per heavy atom. The van der Waals surface area contributed by atoms with Crippen LogP contribution in [0.2, 0.25) is 0 Å². The summed E-state index contributed by atoms with van der Waals surface area (Å²) in [6.07, 6.45) is 2.82. The first-order valence-electron chi connectivity index (χ1n) is 6.40. The molecule has 2 rings (SSSR count). The maximum atomic E-state index is 12.3. The van der Waals surface area contributed by atoms with E-state index in [1.165, 1.54) is 0 Å². The lowest BCUT2D eigenvalue weighted by Crippen LogP contribution is -2.17. The van der Waals surface area contributed by atoms with Crippen molar-refractivity contribution in [2.75, 3.05) is 5.32 Å². The van der Waals surface area contributed by atoms with Crippen LogP contribution in [0.25, 0.3) is 0 Å². The molecule has 2 aromatic rings. The molecule has 0 spiro atoms. The molecule has 0 fully saturated rings. The number of aromatic nitrogens is 1. The van der Waals surface area contributed by atoms with Crippen molar-refractivity contribution in [3.8, 4) is 0 Å². The molecule has 0 unspecified atom stereocenters. The summed E-state index contributed by atoms with van der Waals surface area (Å²) >= 11 is 3.40. The first kappa shape index (κ1) is 13.9. The Morgan fingerprint density at radius 1 is 1.32 bits per heavy atom. The average Bonchev–Trinajstić information content (AvgIpc) is 2.80. The highest BCUT2D eigenvalue weighted by Gasteiger charge is 2.13. The van der Waals surface area contributed by atoms with Crippen LogP contribution in [0.5, 0.6) is 0 Å². The molecule has 0 aliphatic carbocycles. The zero-order valence-electron chi connectivity index (χ0n) is 11.1. The van der Waals surface area contributed by atoms with Gasteiger partial charge in [0.05, 0.1) is 0 Å². The SMILES string of the molecule is CCc1ccccc1NC(=O)c1cc(Br)cn1CC. The number of hydrogen-bond donors (Lipinski definition) is 1. The van der Waals surface area contributed by atoms with Gasteiger partial charge in [-0.2, -0.15) is 0 Å². The minimum Gasteiger partial charge on any atom is -0.343 e. The lowest BCUT2D eigenvalue weighted by molar-refractivity contribution is 0.101. The van der Waals surface area contributed by atoms with Crippen molar-refractivity contribution in [3.63, 3.8) is 0 Å². The maximum absolute atomic E-state index is 12.3. The number of aryl methyl sites for hydroxylation is 2. The normalized spacial score (nSPS) is 10.5. The van der Waals surface area contributed by atoms with Gasteiger partial charge in [-0.3, -0.25) is 4.79 Å². The van der Waals surface area contributed by atoms with Gasteiger partial charge >= 0.3 is 0 Å². The molecule has 1 N–H and O–H groups in total. The highest BCUT2D eigenvalue weighted by Crippen LogP contribution is 2.19. The van der Waals surface area contributed by atoms with Crippen LogP contribution in [-0.4, -0.2) is 10.5 Å². The Labute approximate surface area is 121 Å². The molecule has 100 valence electrons. The number of nitrogens with zero attached hydrogens (tertiary/aromatic N) is 1. The number of para-hydroxylation sites is 1. The number of hydrogen-bond acceptors (Lipinski definition) is 1. The van der Waals surface area contributed by atoms with Crippen molar-refractivity contribution in [3.05, 3.63) is 52.3 Å². The first-order chi connectivity index (χ1) is 9.15. The number of benzene rings is 1. The fourth-order valence-electron chi connectivity index (χ4n) is 2.06. The van der Waals surface area contributed by atoms with Gasteiger partial charge in [0.2, 0.25) is 0 Å². The smallest absolute Gasteiger partial charge is 0.272 e. The molecule has 19 heavy (non-hydrogen) atoms. The van der Waals surface area contributed by atoms with E-state index < -0.39 is 0 Å². The number of nitrogens with one attached hydrogen (secondary N) is 1. The van der Waals surface area contributed by atoms with Crippen molar-refractivity contribution in [2.45, 2.75) is 26.8 Å². The molecule has 1 amide bonds. The third-order valence-electron chi connectivity index (χ3n) is 3.08. The van der Waals surface area contributed by atoms with Crippen LogP contribution in [0.4, 0.5) is 5.69 Å². The van der Waals surface area contributed by atoms with Crippen LogP contribution in [0, 0.1) is 0 Å². The van der Waals surface area contributed by atoms with E-state index in [2.05, 4.69) is 28.2 Å². The van der Waals surface area contributed by atoms with Crippen LogP contribution < -0.4 is 5.32 Å². The number of carbonyl (C=O) groups excluding carboxylic acids is 1. The van der Waals surface area contributed by atoms with Gasteiger partial charge in [0.15, 0.2) is 0 Å². The van der Waals surface area contributed by atoms with Crippen LogP contribution in [0.3, 0.4) is 0 Å². The van der Waals surface area contributed by atoms with E-state index >= 15 is 0 Å². The van der Waals surface area contributed by atoms with Crippen molar-refractivity contribution in [1.82, 2.24) is 4.57 Å². The Bertz CT molecular complexity index is 590. The van der Waals surface area contributed by atoms with E-state index in [0.29, 0.717) is 5.69 Å². The van der Waals surface area contributed by atoms with Gasteiger partial charge in [-0.25, -0.2) is 0 Å². The van der Waals surface area contributed by atoms with E-state index in [9.17, 15) is 4.79 Å². The second kappa shape index (κ2) is 6.06. The molecule has 0 saturated heterocycles. The van der Waals surface area contributed by atoms with E-state index in [0.717, 1.165) is 28.7 Å². The Morgan fingerprint density at radius 2 is 2.05 bits per heavy atom. The monoisotopic (exact) mass is 320 g/mol. The summed E-state index contributed by atoms with van der Waals surface area (Å²) in [5, 5.41) is 2.99. The van der Waals surface area contributed by atoms with E-state index in [4.69, 9.17) is 0 Å². The maximum Gasteiger partial charge on any atom is 0.272 e. The number of anilines is 1. The summed E-state index contributed by atoms with van der Waals surface area (Å²) < 4.78 is 2.84. The van der Waals surface area contributed by atoms with Gasteiger partial charge in [0, 0.05) is 22.9 Å². The second-order valence-electron chi connectivity index (χ2n) is 4.29.